The van der Waals surface area contributed by atoms with Crippen molar-refractivity contribution in [2.24, 2.45) is 0 Å². The molecule has 3 nitrogen and oxygen atoms in total. The number of ether oxygens (including phenoxy) is 1. The van der Waals surface area contributed by atoms with Gasteiger partial charge in [-0.2, -0.15) is 0 Å². The molecule has 1 heterocycles. The lowest BCUT2D eigenvalue weighted by Crippen LogP contribution is -2.18. The Bertz CT molecular complexity index is 555. The molecular weight excluding hydrogens is 243 g/mol. The summed E-state index contributed by atoms with van der Waals surface area (Å²) in [6, 6.07) is 8.82. The van der Waals surface area contributed by atoms with Crippen LogP contribution in [-0.4, -0.2) is 19.1 Å². The number of benzene rings is 1. The van der Waals surface area contributed by atoms with Crippen molar-refractivity contribution < 1.29 is 9.13 Å². The Hall–Kier alpha value is -1.94. The molecule has 19 heavy (non-hydrogen) atoms. The summed E-state index contributed by atoms with van der Waals surface area (Å²) in [6.07, 6.45) is 1.80. The zero-order valence-corrected chi connectivity index (χ0v) is 11.3. The van der Waals surface area contributed by atoms with E-state index < -0.39 is 0 Å². The van der Waals surface area contributed by atoms with E-state index in [2.05, 4.69) is 10.3 Å². The number of rotatable bonds is 4. The van der Waals surface area contributed by atoms with Gasteiger partial charge >= 0.3 is 0 Å². The Morgan fingerprint density at radius 1 is 1.21 bits per heavy atom. The predicted molar refractivity (Wildman–Crippen MR) is 72.8 cm³/mol. The summed E-state index contributed by atoms with van der Waals surface area (Å²) in [5, 5.41) is 3.17. The fraction of sp³-hybridized carbons (Fsp3) is 0.267. The molecule has 0 amide bonds. The van der Waals surface area contributed by atoms with E-state index in [0.717, 1.165) is 16.8 Å². The van der Waals surface area contributed by atoms with Crippen LogP contribution in [0.15, 0.2) is 36.5 Å². The molecule has 0 aliphatic rings. The molecule has 0 aliphatic carbocycles. The molecule has 2 aromatic rings. The van der Waals surface area contributed by atoms with Gasteiger partial charge in [-0.1, -0.05) is 12.1 Å². The molecule has 4 heteroatoms. The molecule has 0 radical (unpaired) electrons. The highest BCUT2D eigenvalue weighted by atomic mass is 19.1. The van der Waals surface area contributed by atoms with Crippen molar-refractivity contribution in [3.63, 3.8) is 0 Å². The lowest BCUT2D eigenvalue weighted by Gasteiger charge is -2.17. The normalized spacial score (nSPS) is 12.2. The first kappa shape index (κ1) is 13.5. The Kier molecular flexibility index (Phi) is 4.12. The van der Waals surface area contributed by atoms with Crippen LogP contribution in [0, 0.1) is 12.7 Å². The maximum Gasteiger partial charge on any atom is 0.165 e. The molecule has 100 valence electrons. The van der Waals surface area contributed by atoms with Gasteiger partial charge in [-0.05, 0) is 43.3 Å². The zero-order chi connectivity index (χ0) is 13.8. The van der Waals surface area contributed by atoms with Crippen LogP contribution in [0.1, 0.15) is 22.9 Å². The highest BCUT2D eigenvalue weighted by molar-refractivity contribution is 5.36. The topological polar surface area (TPSA) is 34.2 Å². The lowest BCUT2D eigenvalue weighted by molar-refractivity contribution is 0.386. The first-order valence-corrected chi connectivity index (χ1v) is 6.09. The van der Waals surface area contributed by atoms with E-state index in [0.29, 0.717) is 0 Å². The van der Waals surface area contributed by atoms with Crippen LogP contribution in [0.3, 0.4) is 0 Å². The molecule has 0 saturated heterocycles. The summed E-state index contributed by atoms with van der Waals surface area (Å²) < 4.78 is 18.7. The van der Waals surface area contributed by atoms with Gasteiger partial charge in [0.15, 0.2) is 11.6 Å². The summed E-state index contributed by atoms with van der Waals surface area (Å²) in [5.74, 6) is -0.110. The Balaban J connectivity index is 2.36. The summed E-state index contributed by atoms with van der Waals surface area (Å²) in [4.78, 5) is 4.27. The molecule has 0 fully saturated rings. The minimum absolute atomic E-state index is 0.0893. The minimum Gasteiger partial charge on any atom is -0.494 e. The summed E-state index contributed by atoms with van der Waals surface area (Å²) >= 11 is 0. The van der Waals surface area contributed by atoms with Crippen LogP contribution >= 0.6 is 0 Å². The SMILES string of the molecule is CNC(c1ccc(C)nc1)c1ccc(OC)c(F)c1. The highest BCUT2D eigenvalue weighted by Gasteiger charge is 2.14. The number of hydrogen-bond donors (Lipinski definition) is 1. The molecule has 0 spiro atoms. The van der Waals surface area contributed by atoms with Gasteiger partial charge in [-0.25, -0.2) is 4.39 Å². The van der Waals surface area contributed by atoms with Crippen molar-refractivity contribution >= 4 is 0 Å². The molecule has 2 rings (SSSR count). The van der Waals surface area contributed by atoms with Crippen LogP contribution in [-0.2, 0) is 0 Å². The average molecular weight is 260 g/mol. The molecule has 0 saturated carbocycles. The first-order valence-electron chi connectivity index (χ1n) is 6.09. The fourth-order valence-electron chi connectivity index (χ4n) is 2.04. The largest absolute Gasteiger partial charge is 0.494 e. The Morgan fingerprint density at radius 2 is 1.95 bits per heavy atom. The van der Waals surface area contributed by atoms with E-state index in [1.807, 2.05) is 32.2 Å². The van der Waals surface area contributed by atoms with Gasteiger partial charge in [0.25, 0.3) is 0 Å². The standard InChI is InChI=1S/C15H17FN2O/c1-10-4-5-12(9-18-10)15(17-2)11-6-7-14(19-3)13(16)8-11/h4-9,15,17H,1-3H3. The molecule has 1 N–H and O–H groups in total. The van der Waals surface area contributed by atoms with Gasteiger partial charge in [0.2, 0.25) is 0 Å². The monoisotopic (exact) mass is 260 g/mol. The number of nitrogens with zero attached hydrogens (tertiary/aromatic N) is 1. The maximum atomic E-state index is 13.8. The van der Waals surface area contributed by atoms with E-state index in [9.17, 15) is 4.39 Å². The van der Waals surface area contributed by atoms with Gasteiger partial charge in [-0.15, -0.1) is 0 Å². The van der Waals surface area contributed by atoms with Gasteiger partial charge < -0.3 is 10.1 Å². The van der Waals surface area contributed by atoms with Crippen molar-refractivity contribution in [2.45, 2.75) is 13.0 Å². The second kappa shape index (κ2) is 5.80. The molecule has 1 aromatic carbocycles. The fourth-order valence-corrected chi connectivity index (χ4v) is 2.04. The number of hydrogen-bond acceptors (Lipinski definition) is 3. The molecule has 1 aromatic heterocycles. The number of nitrogens with one attached hydrogen (secondary N) is 1. The second-order valence-corrected chi connectivity index (χ2v) is 4.35. The second-order valence-electron chi connectivity index (χ2n) is 4.35. The first-order chi connectivity index (χ1) is 9.15. The Labute approximate surface area is 112 Å². The number of aryl methyl sites for hydroxylation is 1. The van der Waals surface area contributed by atoms with Crippen molar-refractivity contribution in [2.75, 3.05) is 14.2 Å². The molecule has 0 aliphatic heterocycles. The third-order valence-corrected chi connectivity index (χ3v) is 3.07. The van der Waals surface area contributed by atoms with E-state index in [4.69, 9.17) is 4.74 Å². The quantitative estimate of drug-likeness (QED) is 0.918. The lowest BCUT2D eigenvalue weighted by atomic mass is 10.00. The van der Waals surface area contributed by atoms with Crippen LogP contribution < -0.4 is 10.1 Å². The summed E-state index contributed by atoms with van der Waals surface area (Å²) in [5.41, 5.74) is 2.80. The predicted octanol–water partition coefficient (Wildman–Crippen LogP) is 2.85. The number of aromatic nitrogens is 1. The Morgan fingerprint density at radius 3 is 2.47 bits per heavy atom. The van der Waals surface area contributed by atoms with E-state index in [-0.39, 0.29) is 17.6 Å². The number of pyridine rings is 1. The van der Waals surface area contributed by atoms with Gasteiger partial charge in [0, 0.05) is 11.9 Å². The molecule has 1 unspecified atom stereocenters. The zero-order valence-electron chi connectivity index (χ0n) is 11.3. The number of halogens is 1. The van der Waals surface area contributed by atoms with Crippen LogP contribution in [0.25, 0.3) is 0 Å². The third-order valence-electron chi connectivity index (χ3n) is 3.07. The molecule has 1 atom stereocenters. The third kappa shape index (κ3) is 2.90. The highest BCUT2D eigenvalue weighted by Crippen LogP contribution is 2.25. The average Bonchev–Trinajstić information content (AvgIpc) is 2.42. The number of methoxy groups -OCH3 is 1. The molecule has 0 bridgehead atoms. The van der Waals surface area contributed by atoms with Gasteiger partial charge in [0.1, 0.15) is 0 Å². The van der Waals surface area contributed by atoms with Crippen LogP contribution in [0.5, 0.6) is 5.75 Å². The van der Waals surface area contributed by atoms with Gasteiger partial charge in [0.05, 0.1) is 13.2 Å². The van der Waals surface area contributed by atoms with E-state index in [1.165, 1.54) is 13.2 Å². The molecular formula is C15H17FN2O. The summed E-state index contributed by atoms with van der Waals surface area (Å²) in [7, 11) is 3.30. The van der Waals surface area contributed by atoms with Crippen LogP contribution in [0.4, 0.5) is 4.39 Å². The van der Waals surface area contributed by atoms with Crippen molar-refractivity contribution in [3.8, 4) is 5.75 Å². The maximum absolute atomic E-state index is 13.8. The summed E-state index contributed by atoms with van der Waals surface area (Å²) in [6.45, 7) is 1.94. The minimum atomic E-state index is -0.361. The van der Waals surface area contributed by atoms with Gasteiger partial charge in [-0.3, -0.25) is 4.98 Å². The van der Waals surface area contributed by atoms with Crippen molar-refractivity contribution in [1.82, 2.24) is 10.3 Å². The van der Waals surface area contributed by atoms with Crippen LogP contribution in [0.2, 0.25) is 0 Å². The van der Waals surface area contributed by atoms with Crippen molar-refractivity contribution in [3.05, 3.63) is 59.2 Å². The van der Waals surface area contributed by atoms with Crippen molar-refractivity contribution in [1.29, 1.82) is 0 Å². The smallest absolute Gasteiger partial charge is 0.165 e. The van der Waals surface area contributed by atoms with E-state index in [1.54, 1.807) is 12.3 Å². The van der Waals surface area contributed by atoms with E-state index >= 15 is 0 Å².